The van der Waals surface area contributed by atoms with Crippen LogP contribution in [-0.4, -0.2) is 82.8 Å². The van der Waals surface area contributed by atoms with E-state index in [0.717, 1.165) is 87.2 Å². The summed E-state index contributed by atoms with van der Waals surface area (Å²) >= 11 is 0. The lowest BCUT2D eigenvalue weighted by Gasteiger charge is -2.57. The number of nitrogens with one attached hydrogen (secondary N) is 2. The topological polar surface area (TPSA) is 116 Å². The van der Waals surface area contributed by atoms with Crippen LogP contribution in [0.2, 0.25) is 0 Å². The fourth-order valence-electron chi connectivity index (χ4n) is 9.13. The van der Waals surface area contributed by atoms with Crippen LogP contribution in [-0.2, 0) is 4.79 Å². The van der Waals surface area contributed by atoms with Gasteiger partial charge in [0.1, 0.15) is 0 Å². The standard InChI is InChI=1S/C36H48N8O3/c1-35(2)23-36(3,4)33(35)38-32(46)27-8-9-30(40-39-27)42-18-10-24(11-19-42)22-41-16-12-25(13-17-41)43-20-14-26-28(43)6-5-7-29(26)44-21-15-31(45)37-34(44)47/h5-9,14,20,24-25,33H,10-13,15-19,21-23H2,1-4H3,(H,38,46)(H,37,45,47). The molecule has 0 radical (unpaired) electrons. The Morgan fingerprint density at radius 3 is 2.32 bits per heavy atom. The number of anilines is 2. The number of nitrogens with zero attached hydrogens (tertiary/aromatic N) is 6. The molecule has 250 valence electrons. The van der Waals surface area contributed by atoms with Gasteiger partial charge < -0.3 is 19.7 Å². The van der Waals surface area contributed by atoms with Crippen molar-refractivity contribution < 1.29 is 14.4 Å². The van der Waals surface area contributed by atoms with Crippen LogP contribution in [0.15, 0.2) is 42.6 Å². The minimum absolute atomic E-state index is 0.0915. The van der Waals surface area contributed by atoms with Crippen LogP contribution in [0, 0.1) is 16.7 Å². The first-order valence-electron chi connectivity index (χ1n) is 17.3. The van der Waals surface area contributed by atoms with Crippen molar-refractivity contribution in [1.82, 2.24) is 30.3 Å². The lowest BCUT2D eigenvalue weighted by atomic mass is 9.52. The molecule has 3 aromatic rings. The molecule has 0 unspecified atom stereocenters. The molecule has 1 aliphatic carbocycles. The molecule has 0 spiro atoms. The molecule has 11 nitrogen and oxygen atoms in total. The Kier molecular flexibility index (Phi) is 8.22. The highest BCUT2D eigenvalue weighted by molar-refractivity contribution is 6.09. The molecular weight excluding hydrogens is 592 g/mol. The molecule has 11 heteroatoms. The number of hydrogen-bond acceptors (Lipinski definition) is 7. The molecule has 0 atom stereocenters. The second-order valence-electron chi connectivity index (χ2n) is 15.5. The Morgan fingerprint density at radius 2 is 1.66 bits per heavy atom. The Bertz CT molecular complexity index is 1630. The summed E-state index contributed by atoms with van der Waals surface area (Å²) < 4.78 is 2.38. The van der Waals surface area contributed by atoms with Crippen molar-refractivity contribution in [2.75, 3.05) is 49.1 Å². The number of imide groups is 1. The Hall–Kier alpha value is -3.99. The van der Waals surface area contributed by atoms with Gasteiger partial charge in [-0.15, -0.1) is 10.2 Å². The van der Waals surface area contributed by atoms with Gasteiger partial charge in [-0.05, 0) is 79.2 Å². The van der Waals surface area contributed by atoms with Gasteiger partial charge in [-0.3, -0.25) is 19.8 Å². The molecule has 4 aliphatic rings. The van der Waals surface area contributed by atoms with E-state index in [1.807, 2.05) is 24.3 Å². The minimum Gasteiger partial charge on any atom is -0.355 e. The smallest absolute Gasteiger partial charge is 0.328 e. The quantitative estimate of drug-likeness (QED) is 0.374. The first-order valence-corrected chi connectivity index (χ1v) is 17.3. The van der Waals surface area contributed by atoms with Crippen LogP contribution in [0.25, 0.3) is 10.9 Å². The van der Waals surface area contributed by atoms with Gasteiger partial charge in [0.2, 0.25) is 5.91 Å². The van der Waals surface area contributed by atoms with E-state index in [2.05, 4.69) is 81.2 Å². The zero-order valence-electron chi connectivity index (χ0n) is 28.2. The van der Waals surface area contributed by atoms with Crippen molar-refractivity contribution in [2.45, 2.75) is 78.3 Å². The number of rotatable bonds is 7. The third-order valence-electron chi connectivity index (χ3n) is 11.1. The third-order valence-corrected chi connectivity index (χ3v) is 11.1. The first-order chi connectivity index (χ1) is 22.5. The van der Waals surface area contributed by atoms with E-state index in [4.69, 9.17) is 0 Å². The fourth-order valence-corrected chi connectivity index (χ4v) is 9.13. The van der Waals surface area contributed by atoms with E-state index in [-0.39, 0.29) is 34.7 Å². The number of benzene rings is 1. The summed E-state index contributed by atoms with van der Waals surface area (Å²) in [6.45, 7) is 14.4. The maximum absolute atomic E-state index is 12.9. The van der Waals surface area contributed by atoms with Gasteiger partial charge in [0.05, 0.1) is 11.2 Å². The second-order valence-corrected chi connectivity index (χ2v) is 15.5. The average molecular weight is 641 g/mol. The summed E-state index contributed by atoms with van der Waals surface area (Å²) in [6.07, 6.45) is 8.00. The predicted octanol–water partition coefficient (Wildman–Crippen LogP) is 4.99. The molecule has 3 aliphatic heterocycles. The number of carbonyl (C=O) groups is 3. The van der Waals surface area contributed by atoms with E-state index in [0.29, 0.717) is 30.6 Å². The molecular formula is C36H48N8O3. The highest BCUT2D eigenvalue weighted by Crippen LogP contribution is 2.53. The van der Waals surface area contributed by atoms with E-state index in [9.17, 15) is 14.4 Å². The molecule has 0 bridgehead atoms. The molecule has 3 saturated heterocycles. The van der Waals surface area contributed by atoms with Crippen molar-refractivity contribution in [2.24, 2.45) is 16.7 Å². The largest absolute Gasteiger partial charge is 0.355 e. The van der Waals surface area contributed by atoms with E-state index >= 15 is 0 Å². The SMILES string of the molecule is CC1(C)CC(C)(C)C1NC(=O)c1ccc(N2CCC(CN3CCC(n4ccc5c(N6CCC(=O)NC6=O)cccc54)CC3)CC2)nn1. The van der Waals surface area contributed by atoms with Gasteiger partial charge in [-0.1, -0.05) is 33.8 Å². The van der Waals surface area contributed by atoms with Crippen LogP contribution in [0.3, 0.4) is 0 Å². The Balaban J connectivity index is 0.886. The van der Waals surface area contributed by atoms with Crippen LogP contribution >= 0.6 is 0 Å². The van der Waals surface area contributed by atoms with Crippen LogP contribution in [0.1, 0.15) is 82.8 Å². The van der Waals surface area contributed by atoms with Crippen LogP contribution in [0.4, 0.5) is 16.3 Å². The maximum atomic E-state index is 12.9. The Labute approximate surface area is 277 Å². The van der Waals surface area contributed by atoms with E-state index in [1.54, 1.807) is 4.90 Å². The van der Waals surface area contributed by atoms with Crippen molar-refractivity contribution in [3.05, 3.63) is 48.3 Å². The van der Waals surface area contributed by atoms with Crippen LogP contribution in [0.5, 0.6) is 0 Å². The van der Waals surface area contributed by atoms with Gasteiger partial charge in [0, 0.05) is 69.4 Å². The lowest BCUT2D eigenvalue weighted by Crippen LogP contribution is -2.63. The number of amides is 4. The van der Waals surface area contributed by atoms with Gasteiger partial charge in [-0.2, -0.15) is 0 Å². The summed E-state index contributed by atoms with van der Waals surface area (Å²) in [5.41, 5.74) is 2.56. The zero-order valence-corrected chi connectivity index (χ0v) is 28.2. The second kappa shape index (κ2) is 12.2. The van der Waals surface area contributed by atoms with E-state index in [1.165, 1.54) is 0 Å². The molecule has 2 aromatic heterocycles. The van der Waals surface area contributed by atoms with Crippen molar-refractivity contribution in [1.29, 1.82) is 0 Å². The van der Waals surface area contributed by atoms with Gasteiger partial charge in [-0.25, -0.2) is 4.79 Å². The molecule has 1 aromatic carbocycles. The summed E-state index contributed by atoms with van der Waals surface area (Å²) in [4.78, 5) is 43.7. The zero-order chi connectivity index (χ0) is 32.9. The van der Waals surface area contributed by atoms with Crippen molar-refractivity contribution in [3.8, 4) is 0 Å². The predicted molar refractivity (Wildman–Crippen MR) is 183 cm³/mol. The number of aromatic nitrogens is 3. The number of carbonyl (C=O) groups excluding carboxylic acids is 3. The summed E-state index contributed by atoms with van der Waals surface area (Å²) in [5.74, 6) is 1.15. The molecule has 7 rings (SSSR count). The van der Waals surface area contributed by atoms with Gasteiger partial charge in [0.25, 0.3) is 5.91 Å². The maximum Gasteiger partial charge on any atom is 0.328 e. The lowest BCUT2D eigenvalue weighted by molar-refractivity contribution is -0.120. The Morgan fingerprint density at radius 1 is 0.915 bits per heavy atom. The fraction of sp³-hybridized carbons (Fsp3) is 0.583. The number of piperidine rings is 2. The minimum atomic E-state index is -0.344. The molecule has 5 heterocycles. The van der Waals surface area contributed by atoms with E-state index < -0.39 is 0 Å². The monoisotopic (exact) mass is 640 g/mol. The number of likely N-dealkylation sites (tertiary alicyclic amines) is 1. The number of urea groups is 1. The molecule has 4 amide bonds. The van der Waals surface area contributed by atoms with Crippen molar-refractivity contribution >= 4 is 40.3 Å². The van der Waals surface area contributed by atoms with Crippen LogP contribution < -0.4 is 20.4 Å². The molecule has 1 saturated carbocycles. The highest BCUT2D eigenvalue weighted by Gasteiger charge is 2.53. The van der Waals surface area contributed by atoms with Gasteiger partial charge in [0.15, 0.2) is 11.5 Å². The normalized spacial score (nSPS) is 22.7. The third kappa shape index (κ3) is 6.22. The highest BCUT2D eigenvalue weighted by atomic mass is 16.2. The average Bonchev–Trinajstić information content (AvgIpc) is 3.49. The molecule has 47 heavy (non-hydrogen) atoms. The van der Waals surface area contributed by atoms with Crippen molar-refractivity contribution in [3.63, 3.8) is 0 Å². The molecule has 4 fully saturated rings. The van der Waals surface area contributed by atoms with Gasteiger partial charge >= 0.3 is 6.03 Å². The first kappa shape index (κ1) is 31.6. The molecule has 2 N–H and O–H groups in total. The summed E-state index contributed by atoms with van der Waals surface area (Å²) in [6, 6.07) is 12.2. The number of hydrogen-bond donors (Lipinski definition) is 2. The summed E-state index contributed by atoms with van der Waals surface area (Å²) in [5, 5.41) is 15.5. The number of fused-ring (bicyclic) bond motifs is 1. The summed E-state index contributed by atoms with van der Waals surface area (Å²) in [7, 11) is 0.